The van der Waals surface area contributed by atoms with E-state index in [9.17, 15) is 9.59 Å². The van der Waals surface area contributed by atoms with E-state index in [-0.39, 0.29) is 18.6 Å². The first-order valence-corrected chi connectivity index (χ1v) is 9.39. The van der Waals surface area contributed by atoms with Crippen molar-refractivity contribution in [1.29, 1.82) is 0 Å². The Morgan fingerprint density at radius 3 is 2.41 bits per heavy atom. The predicted octanol–water partition coefficient (Wildman–Crippen LogP) is 3.84. The highest BCUT2D eigenvalue weighted by Crippen LogP contribution is 2.25. The van der Waals surface area contributed by atoms with Crippen molar-refractivity contribution in [3.05, 3.63) is 65.2 Å². The summed E-state index contributed by atoms with van der Waals surface area (Å²) in [6.45, 7) is 3.65. The summed E-state index contributed by atoms with van der Waals surface area (Å²) in [5, 5.41) is 2.89. The minimum absolute atomic E-state index is 0.126. The van der Waals surface area contributed by atoms with Crippen molar-refractivity contribution in [2.75, 3.05) is 20.8 Å². The zero-order valence-electron chi connectivity index (χ0n) is 17.2. The number of rotatable bonds is 9. The van der Waals surface area contributed by atoms with Gasteiger partial charge in [0.05, 0.1) is 20.3 Å². The second-order valence-corrected chi connectivity index (χ2v) is 6.49. The molecule has 2 rings (SSSR count). The smallest absolute Gasteiger partial charge is 0.331 e. The Balaban J connectivity index is 1.90. The molecule has 2 aromatic carbocycles. The highest BCUT2D eigenvalue weighted by Gasteiger charge is 2.13. The number of aryl methyl sites for hydroxylation is 1. The molecule has 1 N–H and O–H groups in total. The van der Waals surface area contributed by atoms with Gasteiger partial charge in [0.2, 0.25) is 0 Å². The molecular formula is C23H27NO5. The Morgan fingerprint density at radius 2 is 1.79 bits per heavy atom. The number of benzene rings is 2. The number of carbonyl (C=O) groups excluding carboxylic acids is 2. The van der Waals surface area contributed by atoms with Crippen molar-refractivity contribution in [2.24, 2.45) is 0 Å². The first-order chi connectivity index (χ1) is 14.0. The van der Waals surface area contributed by atoms with Gasteiger partial charge in [-0.05, 0) is 43.2 Å². The van der Waals surface area contributed by atoms with Crippen LogP contribution >= 0.6 is 0 Å². The van der Waals surface area contributed by atoms with Crippen molar-refractivity contribution >= 4 is 18.0 Å². The molecule has 0 bridgehead atoms. The quantitative estimate of drug-likeness (QED) is 0.514. The van der Waals surface area contributed by atoms with E-state index < -0.39 is 5.97 Å². The van der Waals surface area contributed by atoms with Crippen molar-refractivity contribution in [2.45, 2.75) is 26.3 Å². The van der Waals surface area contributed by atoms with Gasteiger partial charge < -0.3 is 19.5 Å². The van der Waals surface area contributed by atoms with Crippen LogP contribution in [0.1, 0.15) is 36.1 Å². The lowest BCUT2D eigenvalue weighted by Crippen LogP contribution is -2.32. The summed E-state index contributed by atoms with van der Waals surface area (Å²) in [5.41, 5.74) is 2.84. The van der Waals surface area contributed by atoms with E-state index in [1.165, 1.54) is 6.08 Å². The highest BCUT2D eigenvalue weighted by atomic mass is 16.5. The second kappa shape index (κ2) is 10.9. The molecule has 2 aromatic rings. The standard InChI is InChI=1S/C23H27NO5/c1-5-20(17-8-6-16(2)7-9-17)24-22(25)15-29-23(26)13-10-18-14-19(27-3)11-12-21(18)28-4/h6-14,20H,5,15H2,1-4H3,(H,24,25)/b13-10+/t20-/m1/s1. The van der Waals surface area contributed by atoms with Gasteiger partial charge in [0.15, 0.2) is 6.61 Å². The van der Waals surface area contributed by atoms with Crippen LogP contribution < -0.4 is 14.8 Å². The van der Waals surface area contributed by atoms with Crippen LogP contribution in [0, 0.1) is 6.92 Å². The van der Waals surface area contributed by atoms with Crippen LogP contribution in [0.2, 0.25) is 0 Å². The lowest BCUT2D eigenvalue weighted by molar-refractivity contribution is -0.144. The summed E-state index contributed by atoms with van der Waals surface area (Å²) < 4.78 is 15.5. The third kappa shape index (κ3) is 6.68. The Bertz CT molecular complexity index is 858. The molecule has 0 heterocycles. The molecule has 154 valence electrons. The SMILES string of the molecule is CC[C@@H](NC(=O)COC(=O)/C=C/c1cc(OC)ccc1OC)c1ccc(C)cc1. The molecule has 0 saturated carbocycles. The molecule has 0 unspecified atom stereocenters. The predicted molar refractivity (Wildman–Crippen MR) is 112 cm³/mol. The van der Waals surface area contributed by atoms with Crippen LogP contribution in [-0.4, -0.2) is 32.7 Å². The number of methoxy groups -OCH3 is 2. The zero-order valence-corrected chi connectivity index (χ0v) is 17.2. The van der Waals surface area contributed by atoms with Crippen LogP contribution in [0.3, 0.4) is 0 Å². The maximum atomic E-state index is 12.2. The molecule has 1 atom stereocenters. The molecule has 0 fully saturated rings. The fraction of sp³-hybridized carbons (Fsp3) is 0.304. The lowest BCUT2D eigenvalue weighted by atomic mass is 10.0. The van der Waals surface area contributed by atoms with Crippen LogP contribution in [0.25, 0.3) is 6.08 Å². The van der Waals surface area contributed by atoms with Gasteiger partial charge in [-0.1, -0.05) is 36.8 Å². The third-order valence-corrected chi connectivity index (χ3v) is 4.40. The van der Waals surface area contributed by atoms with E-state index in [0.717, 1.165) is 17.5 Å². The minimum atomic E-state index is -0.617. The van der Waals surface area contributed by atoms with Crippen LogP contribution in [0.15, 0.2) is 48.5 Å². The number of amides is 1. The molecule has 0 radical (unpaired) electrons. The Morgan fingerprint density at radius 1 is 1.07 bits per heavy atom. The topological polar surface area (TPSA) is 73.9 Å². The van der Waals surface area contributed by atoms with Crippen LogP contribution in [-0.2, 0) is 14.3 Å². The van der Waals surface area contributed by atoms with E-state index in [4.69, 9.17) is 14.2 Å². The molecule has 0 aliphatic carbocycles. The number of hydrogen-bond acceptors (Lipinski definition) is 5. The fourth-order valence-electron chi connectivity index (χ4n) is 2.77. The third-order valence-electron chi connectivity index (χ3n) is 4.40. The molecule has 0 aromatic heterocycles. The molecule has 6 nitrogen and oxygen atoms in total. The van der Waals surface area contributed by atoms with E-state index in [0.29, 0.717) is 17.1 Å². The summed E-state index contributed by atoms with van der Waals surface area (Å²) in [4.78, 5) is 24.1. The normalized spacial score (nSPS) is 11.7. The van der Waals surface area contributed by atoms with Gasteiger partial charge in [-0.15, -0.1) is 0 Å². The summed E-state index contributed by atoms with van der Waals surface area (Å²) in [5.74, 6) is 0.267. The lowest BCUT2D eigenvalue weighted by Gasteiger charge is -2.17. The van der Waals surface area contributed by atoms with Crippen LogP contribution in [0.4, 0.5) is 0 Å². The number of hydrogen-bond donors (Lipinski definition) is 1. The van der Waals surface area contributed by atoms with Gasteiger partial charge in [-0.3, -0.25) is 4.79 Å². The molecule has 0 aliphatic heterocycles. The van der Waals surface area contributed by atoms with Crippen molar-refractivity contribution < 1.29 is 23.8 Å². The summed E-state index contributed by atoms with van der Waals surface area (Å²) >= 11 is 0. The fourth-order valence-corrected chi connectivity index (χ4v) is 2.77. The minimum Gasteiger partial charge on any atom is -0.497 e. The molecular weight excluding hydrogens is 370 g/mol. The molecule has 0 spiro atoms. The van der Waals surface area contributed by atoms with Gasteiger partial charge >= 0.3 is 5.97 Å². The average molecular weight is 397 g/mol. The Labute approximate surface area is 171 Å². The van der Waals surface area contributed by atoms with E-state index in [2.05, 4.69) is 5.32 Å². The average Bonchev–Trinajstić information content (AvgIpc) is 2.74. The monoisotopic (exact) mass is 397 g/mol. The molecule has 6 heteroatoms. The Hall–Kier alpha value is -3.28. The largest absolute Gasteiger partial charge is 0.497 e. The van der Waals surface area contributed by atoms with E-state index in [1.54, 1.807) is 38.5 Å². The molecule has 29 heavy (non-hydrogen) atoms. The summed E-state index contributed by atoms with van der Waals surface area (Å²) in [6, 6.07) is 13.1. The molecule has 0 aliphatic rings. The highest BCUT2D eigenvalue weighted by molar-refractivity contribution is 5.89. The van der Waals surface area contributed by atoms with Crippen molar-refractivity contribution in [3.63, 3.8) is 0 Å². The van der Waals surface area contributed by atoms with Crippen LogP contribution in [0.5, 0.6) is 11.5 Å². The number of nitrogens with one attached hydrogen (secondary N) is 1. The van der Waals surface area contributed by atoms with E-state index in [1.807, 2.05) is 38.1 Å². The maximum Gasteiger partial charge on any atom is 0.331 e. The number of ether oxygens (including phenoxy) is 3. The van der Waals surface area contributed by atoms with Gasteiger partial charge in [0.25, 0.3) is 5.91 Å². The Kier molecular flexibility index (Phi) is 8.27. The number of esters is 1. The first kappa shape index (κ1) is 22.0. The van der Waals surface area contributed by atoms with Gasteiger partial charge in [0.1, 0.15) is 11.5 Å². The van der Waals surface area contributed by atoms with Crippen molar-refractivity contribution in [3.8, 4) is 11.5 Å². The first-order valence-electron chi connectivity index (χ1n) is 9.39. The number of carbonyl (C=O) groups is 2. The van der Waals surface area contributed by atoms with E-state index >= 15 is 0 Å². The zero-order chi connectivity index (χ0) is 21.2. The van der Waals surface area contributed by atoms with Crippen molar-refractivity contribution in [1.82, 2.24) is 5.32 Å². The molecule has 0 saturated heterocycles. The maximum absolute atomic E-state index is 12.2. The second-order valence-electron chi connectivity index (χ2n) is 6.49. The van der Waals surface area contributed by atoms with Gasteiger partial charge in [-0.25, -0.2) is 4.79 Å². The molecule has 1 amide bonds. The van der Waals surface area contributed by atoms with Gasteiger partial charge in [0, 0.05) is 11.6 Å². The summed E-state index contributed by atoms with van der Waals surface area (Å²) in [6.07, 6.45) is 3.54. The van der Waals surface area contributed by atoms with Gasteiger partial charge in [-0.2, -0.15) is 0 Å². The summed E-state index contributed by atoms with van der Waals surface area (Å²) in [7, 11) is 3.10.